The zero-order valence-corrected chi connectivity index (χ0v) is 13.9. The maximum Gasteiger partial charge on any atom is 0.317 e. The molecule has 23 heavy (non-hydrogen) atoms. The summed E-state index contributed by atoms with van der Waals surface area (Å²) >= 11 is 0. The normalized spacial score (nSPS) is 15.1. The van der Waals surface area contributed by atoms with Crippen molar-refractivity contribution in [2.45, 2.75) is 46.2 Å². The Balaban J connectivity index is 1.48. The number of aromatic nitrogens is 4. The van der Waals surface area contributed by atoms with Gasteiger partial charge in [-0.05, 0) is 19.9 Å². The number of urea groups is 1. The van der Waals surface area contributed by atoms with Crippen LogP contribution in [0.15, 0.2) is 10.6 Å². The molecule has 1 aliphatic rings. The van der Waals surface area contributed by atoms with Crippen LogP contribution in [-0.4, -0.2) is 43.9 Å². The predicted octanol–water partition coefficient (Wildman–Crippen LogP) is 1.77. The van der Waals surface area contributed by atoms with Gasteiger partial charge in [0.2, 0.25) is 5.89 Å². The molecular weight excluding hydrogens is 296 g/mol. The van der Waals surface area contributed by atoms with E-state index >= 15 is 0 Å². The van der Waals surface area contributed by atoms with Crippen molar-refractivity contribution in [3.8, 4) is 0 Å². The number of carbonyl (C=O) groups is 1. The fourth-order valence-corrected chi connectivity index (χ4v) is 2.63. The van der Waals surface area contributed by atoms with Gasteiger partial charge in [-0.3, -0.25) is 4.68 Å². The van der Waals surface area contributed by atoms with Crippen LogP contribution in [0.4, 0.5) is 4.79 Å². The molecule has 0 radical (unpaired) electrons. The van der Waals surface area contributed by atoms with Crippen LogP contribution in [0.5, 0.6) is 0 Å². The lowest BCUT2D eigenvalue weighted by atomic mass is 10.1. The molecule has 8 nitrogen and oxygen atoms in total. The van der Waals surface area contributed by atoms with E-state index in [1.807, 2.05) is 38.4 Å². The molecule has 1 saturated heterocycles. The molecule has 8 heteroatoms. The molecule has 0 aromatic carbocycles. The molecule has 0 bridgehead atoms. The molecular formula is C15H22N6O2. The summed E-state index contributed by atoms with van der Waals surface area (Å²) in [6.45, 7) is 9.56. The summed E-state index contributed by atoms with van der Waals surface area (Å²) in [5.74, 6) is 1.29. The first-order valence-electron chi connectivity index (χ1n) is 7.82. The van der Waals surface area contributed by atoms with E-state index in [0.29, 0.717) is 24.8 Å². The largest absolute Gasteiger partial charge is 0.337 e. The molecule has 2 aromatic heterocycles. The second-order valence-electron chi connectivity index (χ2n) is 6.29. The first-order chi connectivity index (χ1) is 10.9. The molecule has 1 fully saturated rings. The number of hydrogen-bond acceptors (Lipinski definition) is 5. The second-order valence-corrected chi connectivity index (χ2v) is 6.29. The van der Waals surface area contributed by atoms with E-state index in [0.717, 1.165) is 11.4 Å². The zero-order valence-electron chi connectivity index (χ0n) is 13.9. The molecule has 0 saturated carbocycles. The number of nitrogens with one attached hydrogen (secondary N) is 1. The molecule has 0 aliphatic carbocycles. The maximum atomic E-state index is 12.1. The van der Waals surface area contributed by atoms with E-state index in [1.54, 1.807) is 4.90 Å². The number of carbonyl (C=O) groups excluding carboxylic acids is 1. The predicted molar refractivity (Wildman–Crippen MR) is 82.9 cm³/mol. The third-order valence-electron chi connectivity index (χ3n) is 3.93. The summed E-state index contributed by atoms with van der Waals surface area (Å²) in [6.07, 6.45) is 0. The molecule has 124 valence electrons. The summed E-state index contributed by atoms with van der Waals surface area (Å²) in [4.78, 5) is 18.1. The highest BCUT2D eigenvalue weighted by Gasteiger charge is 2.33. The van der Waals surface area contributed by atoms with Crippen LogP contribution in [-0.2, 0) is 6.54 Å². The van der Waals surface area contributed by atoms with Crippen molar-refractivity contribution in [3.05, 3.63) is 29.2 Å². The molecule has 2 amide bonds. The van der Waals surface area contributed by atoms with Gasteiger partial charge in [-0.25, -0.2) is 4.79 Å². The molecule has 1 aliphatic heterocycles. The van der Waals surface area contributed by atoms with Crippen LogP contribution in [0.2, 0.25) is 0 Å². The van der Waals surface area contributed by atoms with Gasteiger partial charge < -0.3 is 14.7 Å². The van der Waals surface area contributed by atoms with Crippen LogP contribution in [0.3, 0.4) is 0 Å². The SMILES string of the molecule is Cc1cc(C)n(C2CN(C(=O)NCc3nc(C(C)C)no3)C2)n1. The Morgan fingerprint density at radius 2 is 2.17 bits per heavy atom. The minimum atomic E-state index is -0.118. The van der Waals surface area contributed by atoms with Gasteiger partial charge >= 0.3 is 6.03 Å². The lowest BCUT2D eigenvalue weighted by Crippen LogP contribution is -2.54. The molecule has 0 atom stereocenters. The molecule has 0 unspecified atom stereocenters. The maximum absolute atomic E-state index is 12.1. The van der Waals surface area contributed by atoms with E-state index in [-0.39, 0.29) is 24.5 Å². The fraction of sp³-hybridized carbons (Fsp3) is 0.600. The average Bonchev–Trinajstić information content (AvgIpc) is 3.02. The van der Waals surface area contributed by atoms with Crippen LogP contribution >= 0.6 is 0 Å². The lowest BCUT2D eigenvalue weighted by molar-refractivity contribution is 0.116. The highest BCUT2D eigenvalue weighted by Crippen LogP contribution is 2.22. The Morgan fingerprint density at radius 1 is 1.43 bits per heavy atom. The van der Waals surface area contributed by atoms with Gasteiger partial charge in [0.05, 0.1) is 18.3 Å². The van der Waals surface area contributed by atoms with Gasteiger partial charge in [0.1, 0.15) is 0 Å². The first kappa shape index (κ1) is 15.5. The summed E-state index contributed by atoms with van der Waals surface area (Å²) in [5, 5.41) is 11.1. The van der Waals surface area contributed by atoms with Crippen molar-refractivity contribution in [1.29, 1.82) is 0 Å². The molecule has 3 heterocycles. The van der Waals surface area contributed by atoms with Crippen molar-refractivity contribution in [3.63, 3.8) is 0 Å². The van der Waals surface area contributed by atoms with E-state index in [1.165, 1.54) is 0 Å². The Morgan fingerprint density at radius 3 is 2.74 bits per heavy atom. The summed E-state index contributed by atoms with van der Waals surface area (Å²) in [7, 11) is 0. The minimum absolute atomic E-state index is 0.118. The number of amides is 2. The van der Waals surface area contributed by atoms with Crippen molar-refractivity contribution in [2.24, 2.45) is 0 Å². The lowest BCUT2D eigenvalue weighted by Gasteiger charge is -2.39. The van der Waals surface area contributed by atoms with E-state index in [2.05, 4.69) is 20.6 Å². The Kier molecular flexibility index (Phi) is 4.06. The summed E-state index contributed by atoms with van der Waals surface area (Å²) < 4.78 is 7.10. The van der Waals surface area contributed by atoms with Crippen LogP contribution in [0.25, 0.3) is 0 Å². The summed E-state index contributed by atoms with van der Waals surface area (Å²) in [6, 6.07) is 2.18. The second kappa shape index (κ2) is 6.02. The van der Waals surface area contributed by atoms with Crippen molar-refractivity contribution < 1.29 is 9.32 Å². The van der Waals surface area contributed by atoms with Crippen molar-refractivity contribution in [2.75, 3.05) is 13.1 Å². The summed E-state index contributed by atoms with van der Waals surface area (Å²) in [5.41, 5.74) is 2.13. The fourth-order valence-electron chi connectivity index (χ4n) is 2.63. The van der Waals surface area contributed by atoms with Gasteiger partial charge in [-0.2, -0.15) is 10.1 Å². The topological polar surface area (TPSA) is 89.1 Å². The third kappa shape index (κ3) is 3.20. The molecule has 0 spiro atoms. The van der Waals surface area contributed by atoms with E-state index in [9.17, 15) is 4.79 Å². The smallest absolute Gasteiger partial charge is 0.317 e. The molecule has 1 N–H and O–H groups in total. The Hall–Kier alpha value is -2.38. The number of nitrogens with zero attached hydrogens (tertiary/aromatic N) is 5. The first-order valence-corrected chi connectivity index (χ1v) is 7.82. The number of likely N-dealkylation sites (tertiary alicyclic amines) is 1. The van der Waals surface area contributed by atoms with Crippen molar-refractivity contribution in [1.82, 2.24) is 30.1 Å². The standard InChI is InChI=1S/C15H22N6O2/c1-9(2)14-17-13(23-19-14)6-16-15(22)20-7-12(8-20)21-11(4)5-10(3)18-21/h5,9,12H,6-8H2,1-4H3,(H,16,22). The zero-order chi connectivity index (χ0) is 16.6. The molecule has 3 rings (SSSR count). The highest BCUT2D eigenvalue weighted by atomic mass is 16.5. The number of hydrogen-bond donors (Lipinski definition) is 1. The average molecular weight is 318 g/mol. The van der Waals surface area contributed by atoms with Gasteiger partial charge in [0, 0.05) is 24.7 Å². The van der Waals surface area contributed by atoms with Crippen LogP contribution in [0, 0.1) is 13.8 Å². The quantitative estimate of drug-likeness (QED) is 0.928. The monoisotopic (exact) mass is 318 g/mol. The van der Waals surface area contributed by atoms with Gasteiger partial charge in [0.15, 0.2) is 5.82 Å². The van der Waals surface area contributed by atoms with Crippen LogP contribution < -0.4 is 5.32 Å². The van der Waals surface area contributed by atoms with Crippen LogP contribution in [0.1, 0.15) is 48.9 Å². The number of rotatable bonds is 4. The minimum Gasteiger partial charge on any atom is -0.337 e. The van der Waals surface area contributed by atoms with Gasteiger partial charge in [0.25, 0.3) is 0 Å². The third-order valence-corrected chi connectivity index (χ3v) is 3.93. The van der Waals surface area contributed by atoms with E-state index < -0.39 is 0 Å². The Labute approximate surface area is 134 Å². The van der Waals surface area contributed by atoms with E-state index in [4.69, 9.17) is 4.52 Å². The van der Waals surface area contributed by atoms with Crippen molar-refractivity contribution >= 4 is 6.03 Å². The number of aryl methyl sites for hydroxylation is 2. The highest BCUT2D eigenvalue weighted by molar-refractivity contribution is 5.75. The Bertz CT molecular complexity index is 699. The van der Waals surface area contributed by atoms with Gasteiger partial charge in [-0.15, -0.1) is 0 Å². The molecule has 2 aromatic rings. The van der Waals surface area contributed by atoms with Gasteiger partial charge in [-0.1, -0.05) is 19.0 Å².